The van der Waals surface area contributed by atoms with Crippen molar-refractivity contribution in [1.29, 1.82) is 0 Å². The van der Waals surface area contributed by atoms with Crippen molar-refractivity contribution in [2.24, 2.45) is 5.92 Å². The summed E-state index contributed by atoms with van der Waals surface area (Å²) in [4.78, 5) is 0. The Hall–Kier alpha value is -1.28. The Morgan fingerprint density at radius 1 is 1.13 bits per heavy atom. The molecule has 0 radical (unpaired) electrons. The van der Waals surface area contributed by atoms with E-state index in [2.05, 4.69) is 17.3 Å². The van der Waals surface area contributed by atoms with Gasteiger partial charge in [0.25, 0.3) is 0 Å². The van der Waals surface area contributed by atoms with Crippen LogP contribution >= 0.6 is 0 Å². The minimum absolute atomic E-state index is 0.0756. The lowest BCUT2D eigenvalue weighted by atomic mass is 10.1. The first-order chi connectivity index (χ1) is 10.4. The maximum Gasteiger partial charge on any atom is 0.534 e. The van der Waals surface area contributed by atoms with E-state index in [1.165, 1.54) is 6.08 Å². The highest BCUT2D eigenvalue weighted by Gasteiger charge is 2.48. The van der Waals surface area contributed by atoms with Crippen LogP contribution in [0.15, 0.2) is 42.7 Å². The average molecular weight is 366 g/mol. The van der Waals surface area contributed by atoms with Gasteiger partial charge in [-0.1, -0.05) is 62.5 Å². The molecule has 0 aliphatic carbocycles. The van der Waals surface area contributed by atoms with E-state index in [-0.39, 0.29) is 11.5 Å². The van der Waals surface area contributed by atoms with Crippen LogP contribution in [0.25, 0.3) is 0 Å². The molecule has 8 heteroatoms. The highest BCUT2D eigenvalue weighted by molar-refractivity contribution is 7.87. The Morgan fingerprint density at radius 3 is 2.09 bits per heavy atom. The van der Waals surface area contributed by atoms with E-state index in [9.17, 15) is 21.6 Å². The Labute approximate surface area is 136 Å². The third kappa shape index (κ3) is 4.84. The maximum atomic E-state index is 12.3. The first-order valence-electron chi connectivity index (χ1n) is 7.11. The van der Waals surface area contributed by atoms with Gasteiger partial charge in [-0.2, -0.15) is 21.6 Å². The minimum Gasteiger partial charge on any atom is -0.384 e. The fraction of sp³-hybridized carbons (Fsp3) is 0.467. The summed E-state index contributed by atoms with van der Waals surface area (Å²) in [6, 6.07) is 9.70. The lowest BCUT2D eigenvalue weighted by Gasteiger charge is -2.33. The van der Waals surface area contributed by atoms with Crippen molar-refractivity contribution >= 4 is 23.4 Å². The van der Waals surface area contributed by atoms with Crippen molar-refractivity contribution in [3.63, 3.8) is 0 Å². The van der Waals surface area contributed by atoms with E-state index in [4.69, 9.17) is 0 Å². The number of halogens is 3. The predicted octanol–water partition coefficient (Wildman–Crippen LogP) is 4.01. The molecule has 1 rings (SSSR count). The largest absolute Gasteiger partial charge is 0.534 e. The SMILES string of the molecule is CC(C)[C@@H](/C=C\OS(=O)(=O)C(F)(F)F)[Si](C)(C)c1ccccc1. The monoisotopic (exact) mass is 366 g/mol. The molecule has 0 N–H and O–H groups in total. The number of rotatable bonds is 6. The second-order valence-corrected chi connectivity index (χ2v) is 12.4. The van der Waals surface area contributed by atoms with E-state index < -0.39 is 23.7 Å². The Bertz CT molecular complexity index is 638. The predicted molar refractivity (Wildman–Crippen MR) is 87.3 cm³/mol. The molecule has 1 aromatic rings. The fourth-order valence-electron chi connectivity index (χ4n) is 2.60. The van der Waals surface area contributed by atoms with Crippen LogP contribution in [0.5, 0.6) is 0 Å². The molecule has 0 aliphatic heterocycles. The quantitative estimate of drug-likeness (QED) is 0.331. The zero-order valence-corrected chi connectivity index (χ0v) is 15.3. The topological polar surface area (TPSA) is 43.4 Å². The average Bonchev–Trinajstić information content (AvgIpc) is 2.42. The fourth-order valence-corrected chi connectivity index (χ4v) is 6.58. The standard InChI is InChI=1S/C15H21F3O3SSi/c1-12(2)14(10-11-21-22(19,20)15(16,17)18)23(3,4)13-8-6-5-7-9-13/h5-12,14H,1-4H3/b11-10-/t14-/m1/s1. The van der Waals surface area contributed by atoms with E-state index >= 15 is 0 Å². The van der Waals surface area contributed by atoms with Crippen molar-refractivity contribution in [2.45, 2.75) is 38.0 Å². The molecule has 0 spiro atoms. The molecule has 0 unspecified atom stereocenters. The van der Waals surface area contributed by atoms with Crippen molar-refractivity contribution < 1.29 is 25.8 Å². The molecule has 0 saturated heterocycles. The number of allylic oxidation sites excluding steroid dienone is 1. The van der Waals surface area contributed by atoms with Crippen LogP contribution in [0.2, 0.25) is 18.6 Å². The lowest BCUT2D eigenvalue weighted by molar-refractivity contribution is -0.0515. The van der Waals surface area contributed by atoms with Gasteiger partial charge in [-0.3, -0.25) is 0 Å². The van der Waals surface area contributed by atoms with Crippen LogP contribution in [0.4, 0.5) is 13.2 Å². The van der Waals surface area contributed by atoms with Gasteiger partial charge in [-0.25, -0.2) is 0 Å². The van der Waals surface area contributed by atoms with Gasteiger partial charge in [0.1, 0.15) is 6.26 Å². The van der Waals surface area contributed by atoms with Gasteiger partial charge in [-0.15, -0.1) is 0 Å². The zero-order valence-electron chi connectivity index (χ0n) is 13.5. The highest BCUT2D eigenvalue weighted by atomic mass is 32.2. The summed E-state index contributed by atoms with van der Waals surface area (Å²) in [5.41, 5.74) is -5.50. The molecule has 0 aromatic heterocycles. The number of alkyl halides is 3. The van der Waals surface area contributed by atoms with Gasteiger partial charge in [0.15, 0.2) is 0 Å². The number of benzene rings is 1. The Morgan fingerprint density at radius 2 is 1.65 bits per heavy atom. The third-order valence-corrected chi connectivity index (χ3v) is 9.10. The minimum atomic E-state index is -5.60. The molecule has 23 heavy (non-hydrogen) atoms. The van der Waals surface area contributed by atoms with Crippen molar-refractivity contribution in [3.8, 4) is 0 Å². The molecule has 0 saturated carbocycles. The van der Waals surface area contributed by atoms with Gasteiger partial charge in [0.05, 0.1) is 8.07 Å². The Kier molecular flexibility index (Phi) is 6.09. The molecular weight excluding hydrogens is 345 g/mol. The van der Waals surface area contributed by atoms with Crippen LogP contribution in [0.1, 0.15) is 13.8 Å². The maximum absolute atomic E-state index is 12.3. The molecule has 0 heterocycles. The van der Waals surface area contributed by atoms with Gasteiger partial charge < -0.3 is 4.18 Å². The third-order valence-electron chi connectivity index (χ3n) is 3.82. The summed E-state index contributed by atoms with van der Waals surface area (Å²) in [6.45, 7) is 8.08. The molecule has 0 fully saturated rings. The molecule has 0 aliphatic rings. The number of hydrogen-bond acceptors (Lipinski definition) is 3. The first-order valence-corrected chi connectivity index (χ1v) is 11.6. The Balaban J connectivity index is 3.03. The molecular formula is C15H21F3O3SSi. The molecule has 1 aromatic carbocycles. The van der Waals surface area contributed by atoms with Gasteiger partial charge >= 0.3 is 15.6 Å². The number of hydrogen-bond donors (Lipinski definition) is 0. The van der Waals surface area contributed by atoms with E-state index in [0.717, 1.165) is 5.19 Å². The molecule has 0 amide bonds. The van der Waals surface area contributed by atoms with E-state index in [0.29, 0.717) is 6.26 Å². The molecule has 130 valence electrons. The summed E-state index contributed by atoms with van der Waals surface area (Å²) >= 11 is 0. The van der Waals surface area contributed by atoms with Gasteiger partial charge in [0.2, 0.25) is 0 Å². The second kappa shape index (κ2) is 7.08. The van der Waals surface area contributed by atoms with Gasteiger partial charge in [-0.05, 0) is 17.5 Å². The summed E-state index contributed by atoms with van der Waals surface area (Å²) in [7, 11) is -7.66. The zero-order chi connectivity index (χ0) is 17.9. The smallest absolute Gasteiger partial charge is 0.384 e. The molecule has 0 bridgehead atoms. The van der Waals surface area contributed by atoms with Crippen LogP contribution in [0.3, 0.4) is 0 Å². The van der Waals surface area contributed by atoms with Crippen molar-refractivity contribution in [1.82, 2.24) is 0 Å². The van der Waals surface area contributed by atoms with Crippen LogP contribution in [-0.2, 0) is 14.3 Å². The lowest BCUT2D eigenvalue weighted by Crippen LogP contribution is -2.47. The summed E-state index contributed by atoms with van der Waals surface area (Å²) in [6.07, 6.45) is 2.10. The normalized spacial score (nSPS) is 15.1. The van der Waals surface area contributed by atoms with Crippen molar-refractivity contribution in [2.75, 3.05) is 0 Å². The van der Waals surface area contributed by atoms with Gasteiger partial charge in [0, 0.05) is 0 Å². The van der Waals surface area contributed by atoms with Crippen LogP contribution in [-0.4, -0.2) is 22.0 Å². The van der Waals surface area contributed by atoms with E-state index in [1.807, 2.05) is 44.2 Å². The summed E-state index contributed by atoms with van der Waals surface area (Å²) in [5.74, 6) is 0.130. The van der Waals surface area contributed by atoms with Crippen molar-refractivity contribution in [3.05, 3.63) is 42.7 Å². The molecule has 3 nitrogen and oxygen atoms in total. The van der Waals surface area contributed by atoms with Crippen LogP contribution in [0, 0.1) is 5.92 Å². The van der Waals surface area contributed by atoms with E-state index in [1.54, 1.807) is 0 Å². The first kappa shape index (κ1) is 19.8. The molecule has 1 atom stereocenters. The summed E-state index contributed by atoms with van der Waals surface area (Å²) in [5, 5.41) is 1.14. The highest BCUT2D eigenvalue weighted by Crippen LogP contribution is 2.32. The summed E-state index contributed by atoms with van der Waals surface area (Å²) < 4.78 is 62.7. The van der Waals surface area contributed by atoms with Crippen LogP contribution < -0.4 is 5.19 Å². The second-order valence-electron chi connectivity index (χ2n) is 6.18.